The molecule has 10 heteroatoms. The Balaban J connectivity index is 1.64. The zero-order chi connectivity index (χ0) is 22.9. The number of nitrogens with zero attached hydrogens (tertiary/aromatic N) is 1. The summed E-state index contributed by atoms with van der Waals surface area (Å²) in [5, 5.41) is 2.38. The van der Waals surface area contributed by atoms with E-state index in [-0.39, 0.29) is 28.6 Å². The van der Waals surface area contributed by atoms with Crippen LogP contribution in [0.25, 0.3) is 0 Å². The Labute approximate surface area is 182 Å². The number of fused-ring (bicyclic) bond motifs is 1. The number of benzene rings is 3. The Hall–Kier alpha value is -3.53. The maximum Gasteiger partial charge on any atom is 0.416 e. The number of sulfonamides is 1. The van der Waals surface area contributed by atoms with Crippen LogP contribution < -0.4 is 14.4 Å². The Morgan fingerprint density at radius 2 is 1.66 bits per heavy atom. The second kappa shape index (κ2) is 8.19. The van der Waals surface area contributed by atoms with Gasteiger partial charge in [0.15, 0.2) is 6.10 Å². The van der Waals surface area contributed by atoms with Crippen LogP contribution in [0.1, 0.15) is 5.56 Å². The maximum absolute atomic E-state index is 13.2. The predicted molar refractivity (Wildman–Crippen MR) is 112 cm³/mol. The maximum atomic E-state index is 13.2. The number of hydrogen-bond donors (Lipinski definition) is 1. The number of anilines is 2. The third-order valence-corrected chi connectivity index (χ3v) is 6.61. The van der Waals surface area contributed by atoms with Crippen LogP contribution in [0.15, 0.2) is 83.8 Å². The number of rotatable bonds is 4. The molecule has 0 aromatic heterocycles. The van der Waals surface area contributed by atoms with Crippen molar-refractivity contribution in [1.82, 2.24) is 0 Å². The number of para-hydroxylation sites is 2. The Kier molecular flexibility index (Phi) is 5.55. The molecule has 1 N–H and O–H groups in total. The standard InChI is InChI=1S/C22H17F3N2O4S/c23-22(24,25)15-7-6-8-16(13-15)26-21(28)20-14-27(18-11-4-5-12-19(18)31-20)32(29,30)17-9-2-1-3-10-17/h1-13,20H,14H2,(H,26,28)/t20-/m1/s1. The molecular formula is C22H17F3N2O4S. The molecule has 3 aromatic carbocycles. The second-order valence-corrected chi connectivity index (χ2v) is 8.85. The lowest BCUT2D eigenvalue weighted by Gasteiger charge is -2.34. The lowest BCUT2D eigenvalue weighted by molar-refractivity contribution is -0.137. The molecule has 0 fully saturated rings. The highest BCUT2D eigenvalue weighted by Crippen LogP contribution is 2.37. The number of carbonyl (C=O) groups excluding carboxylic acids is 1. The average molecular weight is 462 g/mol. The van der Waals surface area contributed by atoms with Crippen LogP contribution in [0.3, 0.4) is 0 Å². The lowest BCUT2D eigenvalue weighted by atomic mass is 10.1. The van der Waals surface area contributed by atoms with E-state index in [9.17, 15) is 26.4 Å². The number of alkyl halides is 3. The first kappa shape index (κ1) is 21.7. The minimum atomic E-state index is -4.57. The molecule has 0 saturated heterocycles. The highest BCUT2D eigenvalue weighted by atomic mass is 32.2. The summed E-state index contributed by atoms with van der Waals surface area (Å²) in [5.41, 5.74) is -0.734. The Morgan fingerprint density at radius 3 is 2.38 bits per heavy atom. The highest BCUT2D eigenvalue weighted by molar-refractivity contribution is 7.92. The molecule has 0 saturated carbocycles. The van der Waals surface area contributed by atoms with Gasteiger partial charge in [0.05, 0.1) is 22.7 Å². The monoisotopic (exact) mass is 462 g/mol. The summed E-state index contributed by atoms with van der Waals surface area (Å²) in [6.07, 6.45) is -5.85. The van der Waals surface area contributed by atoms with Crippen LogP contribution >= 0.6 is 0 Å². The van der Waals surface area contributed by atoms with Gasteiger partial charge in [-0.15, -0.1) is 0 Å². The SMILES string of the molecule is O=C(Nc1cccc(C(F)(F)F)c1)[C@H]1CN(S(=O)(=O)c2ccccc2)c2ccccc2O1. The summed E-state index contributed by atoms with van der Waals surface area (Å²) in [5.74, 6) is -0.602. The van der Waals surface area contributed by atoms with E-state index in [1.807, 2.05) is 0 Å². The normalized spacial score (nSPS) is 16.1. The summed E-state index contributed by atoms with van der Waals surface area (Å²) in [6.45, 7) is -0.348. The molecule has 1 amide bonds. The van der Waals surface area contributed by atoms with Crippen molar-refractivity contribution in [1.29, 1.82) is 0 Å². The van der Waals surface area contributed by atoms with Gasteiger partial charge in [-0.25, -0.2) is 8.42 Å². The molecule has 0 unspecified atom stereocenters. The number of halogens is 3. The largest absolute Gasteiger partial charge is 0.476 e. The molecule has 4 rings (SSSR count). The summed E-state index contributed by atoms with van der Waals surface area (Å²) in [4.78, 5) is 12.8. The summed E-state index contributed by atoms with van der Waals surface area (Å²) in [7, 11) is -4.02. The van der Waals surface area contributed by atoms with E-state index in [1.165, 1.54) is 30.3 Å². The van der Waals surface area contributed by atoms with E-state index >= 15 is 0 Å². The fourth-order valence-corrected chi connectivity index (χ4v) is 4.78. The molecule has 0 bridgehead atoms. The van der Waals surface area contributed by atoms with Gasteiger partial charge in [-0.1, -0.05) is 36.4 Å². The van der Waals surface area contributed by atoms with Crippen molar-refractivity contribution in [3.8, 4) is 5.75 Å². The Bertz CT molecular complexity index is 1250. The summed E-state index contributed by atoms with van der Waals surface area (Å²) < 4.78 is 72.1. The molecule has 1 atom stereocenters. The van der Waals surface area contributed by atoms with E-state index in [2.05, 4.69) is 5.32 Å². The van der Waals surface area contributed by atoms with E-state index in [1.54, 1.807) is 36.4 Å². The van der Waals surface area contributed by atoms with Gasteiger partial charge in [-0.2, -0.15) is 13.2 Å². The van der Waals surface area contributed by atoms with Crippen LogP contribution in [0.4, 0.5) is 24.5 Å². The fraction of sp³-hybridized carbons (Fsp3) is 0.136. The van der Waals surface area contributed by atoms with Gasteiger partial charge in [-0.05, 0) is 42.5 Å². The van der Waals surface area contributed by atoms with Gasteiger partial charge in [0.2, 0.25) is 0 Å². The smallest absolute Gasteiger partial charge is 0.416 e. The molecule has 1 aliphatic heterocycles. The fourth-order valence-electron chi connectivity index (χ4n) is 3.28. The molecule has 3 aromatic rings. The molecule has 32 heavy (non-hydrogen) atoms. The van der Waals surface area contributed by atoms with E-state index in [0.29, 0.717) is 0 Å². The summed E-state index contributed by atoms with van der Waals surface area (Å²) in [6, 6.07) is 18.2. The first-order chi connectivity index (χ1) is 15.2. The third kappa shape index (κ3) is 4.26. The molecule has 1 heterocycles. The van der Waals surface area contributed by atoms with Crippen molar-refractivity contribution >= 4 is 27.3 Å². The van der Waals surface area contributed by atoms with Gasteiger partial charge < -0.3 is 10.1 Å². The first-order valence-corrected chi connectivity index (χ1v) is 10.9. The van der Waals surface area contributed by atoms with E-state index in [4.69, 9.17) is 4.74 Å². The average Bonchev–Trinajstić information content (AvgIpc) is 2.78. The molecule has 6 nitrogen and oxygen atoms in total. The van der Waals surface area contributed by atoms with Crippen molar-refractivity contribution in [2.45, 2.75) is 17.2 Å². The quantitative estimate of drug-likeness (QED) is 0.627. The van der Waals surface area contributed by atoms with Crippen molar-refractivity contribution < 1.29 is 31.1 Å². The Morgan fingerprint density at radius 1 is 0.969 bits per heavy atom. The van der Waals surface area contributed by atoms with Gasteiger partial charge in [0.1, 0.15) is 5.75 Å². The van der Waals surface area contributed by atoms with Crippen LogP contribution in [-0.4, -0.2) is 27.0 Å². The lowest BCUT2D eigenvalue weighted by Crippen LogP contribution is -2.48. The summed E-state index contributed by atoms with van der Waals surface area (Å²) >= 11 is 0. The van der Waals surface area contributed by atoms with Crippen molar-refractivity contribution in [2.75, 3.05) is 16.2 Å². The van der Waals surface area contributed by atoms with E-state index in [0.717, 1.165) is 16.4 Å². The molecule has 1 aliphatic rings. The topological polar surface area (TPSA) is 75.7 Å². The van der Waals surface area contributed by atoms with Crippen molar-refractivity contribution in [2.24, 2.45) is 0 Å². The minimum absolute atomic E-state index is 0.0359. The molecule has 166 valence electrons. The molecule has 0 aliphatic carbocycles. The van der Waals surface area contributed by atoms with Crippen molar-refractivity contribution in [3.05, 3.63) is 84.4 Å². The number of ether oxygens (including phenoxy) is 1. The van der Waals surface area contributed by atoms with E-state index < -0.39 is 33.8 Å². The third-order valence-electron chi connectivity index (χ3n) is 4.82. The van der Waals surface area contributed by atoms with Gasteiger partial charge in [0.25, 0.3) is 15.9 Å². The van der Waals surface area contributed by atoms with Crippen LogP contribution in [0, 0.1) is 0 Å². The minimum Gasteiger partial charge on any atom is -0.476 e. The van der Waals surface area contributed by atoms with Gasteiger partial charge in [0, 0.05) is 5.69 Å². The number of nitrogens with one attached hydrogen (secondary N) is 1. The number of amides is 1. The zero-order valence-electron chi connectivity index (χ0n) is 16.4. The zero-order valence-corrected chi connectivity index (χ0v) is 17.2. The van der Waals surface area contributed by atoms with Gasteiger partial charge in [-0.3, -0.25) is 9.10 Å². The predicted octanol–water partition coefficient (Wildman–Crippen LogP) is 4.30. The molecule has 0 spiro atoms. The number of carbonyl (C=O) groups is 1. The highest BCUT2D eigenvalue weighted by Gasteiger charge is 2.37. The van der Waals surface area contributed by atoms with Crippen LogP contribution in [0.5, 0.6) is 5.75 Å². The van der Waals surface area contributed by atoms with Crippen molar-refractivity contribution in [3.63, 3.8) is 0 Å². The van der Waals surface area contributed by atoms with Crippen LogP contribution in [0.2, 0.25) is 0 Å². The molecule has 0 radical (unpaired) electrons. The molecular weight excluding hydrogens is 445 g/mol. The first-order valence-electron chi connectivity index (χ1n) is 9.48. The second-order valence-electron chi connectivity index (χ2n) is 6.99. The number of hydrogen-bond acceptors (Lipinski definition) is 4. The van der Waals surface area contributed by atoms with Crippen LogP contribution in [-0.2, 0) is 21.0 Å². The van der Waals surface area contributed by atoms with Gasteiger partial charge >= 0.3 is 6.18 Å².